The minimum absolute atomic E-state index is 0.121. The number of hydrogen-bond donors (Lipinski definition) is 0. The average Bonchev–Trinajstić information content (AvgIpc) is 2.81. The van der Waals surface area contributed by atoms with Gasteiger partial charge >= 0.3 is 0 Å². The van der Waals surface area contributed by atoms with E-state index in [0.717, 1.165) is 23.6 Å². The second kappa shape index (κ2) is 10.4. The van der Waals surface area contributed by atoms with E-state index in [-0.39, 0.29) is 17.9 Å². The summed E-state index contributed by atoms with van der Waals surface area (Å²) in [6, 6.07) is 14.3. The molecule has 0 heterocycles. The molecule has 4 rings (SSSR count). The minimum Gasteiger partial charge on any atom is -0.489 e. The SMILES string of the molecule is CCCC1CCC(c2ccc(-c3cc(F)cc(OCc4cc(F)c(F)c(F)c4)c3)cc2)CC1. The van der Waals surface area contributed by atoms with Gasteiger partial charge in [-0.15, -0.1) is 0 Å². The zero-order chi connectivity index (χ0) is 23.4. The first-order valence-corrected chi connectivity index (χ1v) is 11.6. The normalized spacial score (nSPS) is 18.3. The highest BCUT2D eigenvalue weighted by Gasteiger charge is 2.21. The number of rotatable bonds is 7. The summed E-state index contributed by atoms with van der Waals surface area (Å²) in [5.41, 5.74) is 2.96. The van der Waals surface area contributed by atoms with Crippen molar-refractivity contribution in [2.45, 2.75) is 58.0 Å². The Morgan fingerprint density at radius 3 is 2.09 bits per heavy atom. The third-order valence-corrected chi connectivity index (χ3v) is 6.58. The van der Waals surface area contributed by atoms with E-state index in [4.69, 9.17) is 4.74 Å². The molecule has 0 aromatic heterocycles. The summed E-state index contributed by atoms with van der Waals surface area (Å²) in [5.74, 6) is -2.90. The van der Waals surface area contributed by atoms with Gasteiger partial charge in [-0.05, 0) is 84.0 Å². The maximum atomic E-state index is 14.2. The molecule has 0 atom stereocenters. The third kappa shape index (κ3) is 5.76. The van der Waals surface area contributed by atoms with Gasteiger partial charge in [0.2, 0.25) is 0 Å². The molecular formula is C28H28F4O. The lowest BCUT2D eigenvalue weighted by Gasteiger charge is -2.28. The summed E-state index contributed by atoms with van der Waals surface area (Å²) in [5, 5.41) is 0. The molecule has 1 fully saturated rings. The quantitative estimate of drug-likeness (QED) is 0.256. The van der Waals surface area contributed by atoms with Gasteiger partial charge in [-0.2, -0.15) is 0 Å². The lowest BCUT2D eigenvalue weighted by Crippen LogP contribution is -2.13. The lowest BCUT2D eigenvalue weighted by atomic mass is 9.77. The third-order valence-electron chi connectivity index (χ3n) is 6.58. The summed E-state index contributed by atoms with van der Waals surface area (Å²) in [6.07, 6.45) is 7.57. The van der Waals surface area contributed by atoms with Gasteiger partial charge in [0.25, 0.3) is 0 Å². The number of ether oxygens (including phenoxy) is 1. The molecule has 1 saturated carbocycles. The first-order valence-electron chi connectivity index (χ1n) is 11.6. The van der Waals surface area contributed by atoms with Crippen molar-refractivity contribution in [1.82, 2.24) is 0 Å². The summed E-state index contributed by atoms with van der Waals surface area (Å²) in [7, 11) is 0. The van der Waals surface area contributed by atoms with Crippen LogP contribution in [0.4, 0.5) is 17.6 Å². The van der Waals surface area contributed by atoms with E-state index in [0.29, 0.717) is 11.5 Å². The summed E-state index contributed by atoms with van der Waals surface area (Å²) >= 11 is 0. The molecule has 1 nitrogen and oxygen atoms in total. The highest BCUT2D eigenvalue weighted by Crippen LogP contribution is 2.38. The molecule has 0 unspecified atom stereocenters. The molecular weight excluding hydrogens is 428 g/mol. The lowest BCUT2D eigenvalue weighted by molar-refractivity contribution is 0.302. The monoisotopic (exact) mass is 456 g/mol. The van der Waals surface area contributed by atoms with Crippen LogP contribution in [0, 0.1) is 29.2 Å². The molecule has 0 bridgehead atoms. The Kier molecular flexibility index (Phi) is 7.36. The van der Waals surface area contributed by atoms with Crippen LogP contribution in [0.25, 0.3) is 11.1 Å². The average molecular weight is 457 g/mol. The Balaban J connectivity index is 1.44. The van der Waals surface area contributed by atoms with E-state index in [1.807, 2.05) is 12.1 Å². The Labute approximate surface area is 192 Å². The zero-order valence-corrected chi connectivity index (χ0v) is 18.7. The molecule has 0 radical (unpaired) electrons. The molecule has 1 aliphatic rings. The van der Waals surface area contributed by atoms with Crippen LogP contribution in [-0.4, -0.2) is 0 Å². The van der Waals surface area contributed by atoms with Crippen LogP contribution < -0.4 is 4.74 Å². The van der Waals surface area contributed by atoms with Gasteiger partial charge < -0.3 is 4.74 Å². The van der Waals surface area contributed by atoms with Crippen LogP contribution in [0.1, 0.15) is 62.5 Å². The van der Waals surface area contributed by atoms with Gasteiger partial charge in [0.15, 0.2) is 17.5 Å². The molecule has 1 aliphatic carbocycles. The standard InChI is InChI=1S/C28H28F4O/c1-2-3-18-4-6-20(7-5-18)21-8-10-22(11-9-21)23-14-24(29)16-25(15-23)33-17-19-12-26(30)28(32)27(31)13-19/h8-16,18,20H,2-7,17H2,1H3. The summed E-state index contributed by atoms with van der Waals surface area (Å²) in [6.45, 7) is 2.03. The maximum Gasteiger partial charge on any atom is 0.194 e. The number of benzene rings is 3. The minimum atomic E-state index is -1.52. The summed E-state index contributed by atoms with van der Waals surface area (Å²) < 4.78 is 59.7. The number of halogens is 4. The van der Waals surface area contributed by atoms with Crippen molar-refractivity contribution in [3.05, 3.63) is 89.0 Å². The Morgan fingerprint density at radius 2 is 1.45 bits per heavy atom. The van der Waals surface area contributed by atoms with E-state index in [2.05, 4.69) is 19.1 Å². The van der Waals surface area contributed by atoms with Crippen molar-refractivity contribution >= 4 is 0 Å². The molecule has 5 heteroatoms. The van der Waals surface area contributed by atoms with E-state index in [1.165, 1.54) is 56.2 Å². The first-order chi connectivity index (χ1) is 15.9. The van der Waals surface area contributed by atoms with Gasteiger partial charge in [0.05, 0.1) is 0 Å². The molecule has 0 aliphatic heterocycles. The van der Waals surface area contributed by atoms with Crippen molar-refractivity contribution in [1.29, 1.82) is 0 Å². The van der Waals surface area contributed by atoms with Crippen molar-refractivity contribution in [2.75, 3.05) is 0 Å². The molecule has 3 aromatic carbocycles. The first kappa shape index (κ1) is 23.3. The van der Waals surface area contributed by atoms with Crippen LogP contribution in [0.5, 0.6) is 5.75 Å². The predicted octanol–water partition coefficient (Wildman–Crippen LogP) is 8.56. The highest BCUT2D eigenvalue weighted by atomic mass is 19.2. The van der Waals surface area contributed by atoms with Gasteiger partial charge in [0.1, 0.15) is 18.2 Å². The molecule has 0 saturated heterocycles. The van der Waals surface area contributed by atoms with Crippen LogP contribution in [0.15, 0.2) is 54.6 Å². The molecule has 0 amide bonds. The fraction of sp³-hybridized carbons (Fsp3) is 0.357. The number of hydrogen-bond acceptors (Lipinski definition) is 1. The van der Waals surface area contributed by atoms with E-state index in [1.54, 1.807) is 6.07 Å². The fourth-order valence-electron chi connectivity index (χ4n) is 4.81. The Morgan fingerprint density at radius 1 is 0.788 bits per heavy atom. The van der Waals surface area contributed by atoms with Crippen molar-refractivity contribution in [2.24, 2.45) is 5.92 Å². The van der Waals surface area contributed by atoms with Crippen molar-refractivity contribution < 1.29 is 22.3 Å². The van der Waals surface area contributed by atoms with E-state index >= 15 is 0 Å². The van der Waals surface area contributed by atoms with E-state index in [9.17, 15) is 17.6 Å². The molecule has 0 N–H and O–H groups in total. The van der Waals surface area contributed by atoms with Crippen molar-refractivity contribution in [3.63, 3.8) is 0 Å². The molecule has 0 spiro atoms. The Bertz CT molecular complexity index is 1060. The van der Waals surface area contributed by atoms with Crippen LogP contribution in [-0.2, 0) is 6.61 Å². The largest absolute Gasteiger partial charge is 0.489 e. The smallest absolute Gasteiger partial charge is 0.194 e. The fourth-order valence-corrected chi connectivity index (χ4v) is 4.81. The van der Waals surface area contributed by atoms with Gasteiger partial charge in [-0.3, -0.25) is 0 Å². The van der Waals surface area contributed by atoms with Gasteiger partial charge in [-0.25, -0.2) is 17.6 Å². The summed E-state index contributed by atoms with van der Waals surface area (Å²) in [4.78, 5) is 0. The highest BCUT2D eigenvalue weighted by molar-refractivity contribution is 5.65. The molecule has 3 aromatic rings. The Hall–Kier alpha value is -2.82. The van der Waals surface area contributed by atoms with Crippen molar-refractivity contribution in [3.8, 4) is 16.9 Å². The molecule has 174 valence electrons. The van der Waals surface area contributed by atoms with Crippen LogP contribution >= 0.6 is 0 Å². The maximum absolute atomic E-state index is 14.2. The second-order valence-corrected chi connectivity index (χ2v) is 8.97. The van der Waals surface area contributed by atoms with Crippen LogP contribution in [0.3, 0.4) is 0 Å². The molecule has 33 heavy (non-hydrogen) atoms. The van der Waals surface area contributed by atoms with Gasteiger partial charge in [-0.1, -0.05) is 44.0 Å². The second-order valence-electron chi connectivity index (χ2n) is 8.97. The zero-order valence-electron chi connectivity index (χ0n) is 18.7. The predicted molar refractivity (Wildman–Crippen MR) is 122 cm³/mol. The van der Waals surface area contributed by atoms with Crippen LogP contribution in [0.2, 0.25) is 0 Å². The topological polar surface area (TPSA) is 9.23 Å². The van der Waals surface area contributed by atoms with E-state index < -0.39 is 23.3 Å². The van der Waals surface area contributed by atoms with Gasteiger partial charge in [0, 0.05) is 6.07 Å².